The number of hydrogen-bond donors (Lipinski definition) is 2. The van der Waals surface area contributed by atoms with Crippen LogP contribution in [0.1, 0.15) is 28.8 Å². The normalized spacial score (nSPS) is 16.1. The molecule has 1 fully saturated rings. The maximum Gasteiger partial charge on any atom is 0.306 e. The second-order valence-corrected chi connectivity index (χ2v) is 5.10. The Bertz CT molecular complexity index is 494. The standard InChI is InChI=1S/C15H20N2O3/c16-8-5-11-3-1-2-4-13(11)14(18)17-9-6-12(7-10-17)15(19)20/h1-4,12H,5-10,16H2,(H,19,20). The summed E-state index contributed by atoms with van der Waals surface area (Å²) in [5, 5.41) is 8.98. The first-order valence-electron chi connectivity index (χ1n) is 6.93. The van der Waals surface area contributed by atoms with Crippen molar-refractivity contribution in [2.24, 2.45) is 11.7 Å². The molecule has 5 heteroatoms. The van der Waals surface area contributed by atoms with Crippen LogP contribution in [-0.2, 0) is 11.2 Å². The third-order valence-corrected chi connectivity index (χ3v) is 3.79. The highest BCUT2D eigenvalue weighted by atomic mass is 16.4. The highest BCUT2D eigenvalue weighted by molar-refractivity contribution is 5.95. The number of piperidine rings is 1. The lowest BCUT2D eigenvalue weighted by atomic mass is 9.95. The van der Waals surface area contributed by atoms with Gasteiger partial charge in [0.15, 0.2) is 0 Å². The number of nitrogens with zero attached hydrogens (tertiary/aromatic N) is 1. The summed E-state index contributed by atoms with van der Waals surface area (Å²) in [6, 6.07) is 7.48. The minimum absolute atomic E-state index is 0.0158. The molecule has 0 unspecified atom stereocenters. The summed E-state index contributed by atoms with van der Waals surface area (Å²) in [6.07, 6.45) is 1.73. The van der Waals surface area contributed by atoms with Gasteiger partial charge in [0.1, 0.15) is 0 Å². The van der Waals surface area contributed by atoms with Crippen molar-refractivity contribution in [2.45, 2.75) is 19.3 Å². The average molecular weight is 276 g/mol. The summed E-state index contributed by atoms with van der Waals surface area (Å²) in [5.41, 5.74) is 7.21. The number of likely N-dealkylation sites (tertiary alicyclic amines) is 1. The van der Waals surface area contributed by atoms with Crippen molar-refractivity contribution in [1.29, 1.82) is 0 Å². The number of carboxylic acids is 1. The Labute approximate surface area is 118 Å². The first kappa shape index (κ1) is 14.5. The highest BCUT2D eigenvalue weighted by Crippen LogP contribution is 2.20. The van der Waals surface area contributed by atoms with E-state index in [1.165, 1.54) is 0 Å². The van der Waals surface area contributed by atoms with Gasteiger partial charge in [-0.15, -0.1) is 0 Å². The molecule has 1 aromatic rings. The van der Waals surface area contributed by atoms with E-state index in [0.29, 0.717) is 44.5 Å². The highest BCUT2D eigenvalue weighted by Gasteiger charge is 2.28. The van der Waals surface area contributed by atoms with E-state index in [0.717, 1.165) is 5.56 Å². The van der Waals surface area contributed by atoms with Gasteiger partial charge in [0.05, 0.1) is 5.92 Å². The van der Waals surface area contributed by atoms with E-state index in [4.69, 9.17) is 10.8 Å². The minimum atomic E-state index is -0.763. The number of aliphatic carboxylic acids is 1. The fourth-order valence-corrected chi connectivity index (χ4v) is 2.60. The third-order valence-electron chi connectivity index (χ3n) is 3.79. The molecule has 1 aliphatic heterocycles. The molecular weight excluding hydrogens is 256 g/mol. The molecule has 20 heavy (non-hydrogen) atoms. The van der Waals surface area contributed by atoms with Gasteiger partial charge in [-0.25, -0.2) is 0 Å². The zero-order valence-corrected chi connectivity index (χ0v) is 11.4. The Kier molecular flexibility index (Phi) is 4.74. The molecule has 5 nitrogen and oxygen atoms in total. The number of rotatable bonds is 4. The average Bonchev–Trinajstić information content (AvgIpc) is 2.47. The van der Waals surface area contributed by atoms with Crippen LogP contribution in [0.2, 0.25) is 0 Å². The van der Waals surface area contributed by atoms with E-state index < -0.39 is 5.97 Å². The van der Waals surface area contributed by atoms with Crippen LogP contribution in [0.25, 0.3) is 0 Å². The van der Waals surface area contributed by atoms with Crippen LogP contribution in [0.15, 0.2) is 24.3 Å². The summed E-state index contributed by atoms with van der Waals surface area (Å²) in [7, 11) is 0. The molecule has 0 spiro atoms. The molecule has 1 saturated heterocycles. The van der Waals surface area contributed by atoms with E-state index in [-0.39, 0.29) is 11.8 Å². The molecule has 1 aromatic carbocycles. The lowest BCUT2D eigenvalue weighted by Gasteiger charge is -2.30. The van der Waals surface area contributed by atoms with Crippen molar-refractivity contribution in [1.82, 2.24) is 4.90 Å². The van der Waals surface area contributed by atoms with Crippen molar-refractivity contribution in [3.05, 3.63) is 35.4 Å². The number of carbonyl (C=O) groups excluding carboxylic acids is 1. The fourth-order valence-electron chi connectivity index (χ4n) is 2.60. The van der Waals surface area contributed by atoms with Crippen LogP contribution in [0.5, 0.6) is 0 Å². The molecule has 2 rings (SSSR count). The third kappa shape index (κ3) is 3.17. The van der Waals surface area contributed by atoms with Gasteiger partial charge in [0.25, 0.3) is 5.91 Å². The number of carboxylic acid groups (broad SMARTS) is 1. The molecule has 0 bridgehead atoms. The van der Waals surface area contributed by atoms with Crippen molar-refractivity contribution < 1.29 is 14.7 Å². The molecule has 0 atom stereocenters. The van der Waals surface area contributed by atoms with E-state index in [9.17, 15) is 9.59 Å². The second-order valence-electron chi connectivity index (χ2n) is 5.10. The Balaban J connectivity index is 2.07. The minimum Gasteiger partial charge on any atom is -0.481 e. The van der Waals surface area contributed by atoms with Crippen molar-refractivity contribution in [2.75, 3.05) is 19.6 Å². The first-order valence-corrected chi connectivity index (χ1v) is 6.93. The fraction of sp³-hybridized carbons (Fsp3) is 0.467. The summed E-state index contributed by atoms with van der Waals surface area (Å²) in [5.74, 6) is -1.10. The number of nitrogens with two attached hydrogens (primary N) is 1. The Hall–Kier alpha value is -1.88. The SMILES string of the molecule is NCCc1ccccc1C(=O)N1CCC(C(=O)O)CC1. The van der Waals surface area contributed by atoms with E-state index in [2.05, 4.69) is 0 Å². The molecule has 3 N–H and O–H groups in total. The van der Waals surface area contributed by atoms with Crippen molar-refractivity contribution >= 4 is 11.9 Å². The van der Waals surface area contributed by atoms with Crippen LogP contribution in [-0.4, -0.2) is 41.5 Å². The Morgan fingerprint density at radius 2 is 1.90 bits per heavy atom. The lowest BCUT2D eigenvalue weighted by molar-refractivity contribution is -0.143. The zero-order valence-electron chi connectivity index (χ0n) is 11.4. The molecule has 1 heterocycles. The van der Waals surface area contributed by atoms with Gasteiger partial charge >= 0.3 is 5.97 Å². The number of hydrogen-bond acceptors (Lipinski definition) is 3. The predicted molar refractivity (Wildman–Crippen MR) is 75.5 cm³/mol. The summed E-state index contributed by atoms with van der Waals surface area (Å²) >= 11 is 0. The zero-order chi connectivity index (χ0) is 14.5. The Morgan fingerprint density at radius 1 is 1.25 bits per heavy atom. The number of carbonyl (C=O) groups is 2. The summed E-state index contributed by atoms with van der Waals surface area (Å²) in [6.45, 7) is 1.52. The number of benzene rings is 1. The van der Waals surface area contributed by atoms with Crippen LogP contribution in [0, 0.1) is 5.92 Å². The molecular formula is C15H20N2O3. The molecule has 108 valence electrons. The van der Waals surface area contributed by atoms with Gasteiger partial charge < -0.3 is 15.7 Å². The van der Waals surface area contributed by atoms with E-state index >= 15 is 0 Å². The molecule has 0 radical (unpaired) electrons. The quantitative estimate of drug-likeness (QED) is 0.863. The molecule has 1 aliphatic rings. The van der Waals surface area contributed by atoms with Gasteiger partial charge in [-0.3, -0.25) is 9.59 Å². The van der Waals surface area contributed by atoms with Crippen LogP contribution < -0.4 is 5.73 Å². The number of amides is 1. The monoisotopic (exact) mass is 276 g/mol. The second kappa shape index (κ2) is 6.52. The topological polar surface area (TPSA) is 83.6 Å². The first-order chi connectivity index (χ1) is 9.63. The molecule has 0 saturated carbocycles. The van der Waals surface area contributed by atoms with E-state index in [1.54, 1.807) is 4.90 Å². The lowest BCUT2D eigenvalue weighted by Crippen LogP contribution is -2.40. The summed E-state index contributed by atoms with van der Waals surface area (Å²) < 4.78 is 0. The van der Waals surface area contributed by atoms with Crippen LogP contribution in [0.4, 0.5) is 0 Å². The maximum atomic E-state index is 12.5. The predicted octanol–water partition coefficient (Wildman–Crippen LogP) is 1.12. The maximum absolute atomic E-state index is 12.5. The van der Waals surface area contributed by atoms with Gasteiger partial charge in [-0.1, -0.05) is 18.2 Å². The molecule has 0 aromatic heterocycles. The van der Waals surface area contributed by atoms with Crippen molar-refractivity contribution in [3.63, 3.8) is 0 Å². The Morgan fingerprint density at radius 3 is 2.50 bits per heavy atom. The van der Waals surface area contributed by atoms with Gasteiger partial charge in [0, 0.05) is 18.7 Å². The summed E-state index contributed by atoms with van der Waals surface area (Å²) in [4.78, 5) is 25.2. The van der Waals surface area contributed by atoms with Gasteiger partial charge in [0.2, 0.25) is 0 Å². The van der Waals surface area contributed by atoms with Crippen LogP contribution >= 0.6 is 0 Å². The van der Waals surface area contributed by atoms with Crippen molar-refractivity contribution in [3.8, 4) is 0 Å². The molecule has 0 aliphatic carbocycles. The van der Waals surface area contributed by atoms with Gasteiger partial charge in [-0.05, 0) is 37.4 Å². The van der Waals surface area contributed by atoms with E-state index in [1.807, 2.05) is 24.3 Å². The largest absolute Gasteiger partial charge is 0.481 e. The molecule has 1 amide bonds. The smallest absolute Gasteiger partial charge is 0.306 e. The van der Waals surface area contributed by atoms with Gasteiger partial charge in [-0.2, -0.15) is 0 Å². The van der Waals surface area contributed by atoms with Crippen LogP contribution in [0.3, 0.4) is 0 Å².